The molecule has 490 valence electrons. The minimum atomic E-state index is -1.11. The van der Waals surface area contributed by atoms with Crippen molar-refractivity contribution in [2.24, 2.45) is 17.8 Å². The molecule has 11 aliphatic heterocycles. The van der Waals surface area contributed by atoms with E-state index in [9.17, 15) is 38.7 Å². The van der Waals surface area contributed by atoms with Gasteiger partial charge in [0.2, 0.25) is 23.6 Å². The fraction of sp³-hybridized carbons (Fsp3) is 0.800. The van der Waals surface area contributed by atoms with E-state index in [2.05, 4.69) is 41.3 Å². The minimum Gasteiger partial charge on any atom is -0.391 e. The van der Waals surface area contributed by atoms with E-state index in [1.165, 1.54) is 12.2 Å². The fourth-order valence-corrected chi connectivity index (χ4v) is 15.3. The summed E-state index contributed by atoms with van der Waals surface area (Å²) in [4.78, 5) is 95.6. The molecule has 2 unspecified atom stereocenters. The Morgan fingerprint density at radius 3 is 2.23 bits per heavy atom. The topological polar surface area (TPSA) is 277 Å². The predicted octanol–water partition coefficient (Wildman–Crippen LogP) is 3.55. The molecule has 12 bridgehead atoms. The monoisotopic (exact) mass is 1230 g/mol. The maximum absolute atomic E-state index is 14.5. The van der Waals surface area contributed by atoms with Gasteiger partial charge < -0.3 is 73.9 Å². The number of hydrogen-bond donors (Lipinski definition) is 5. The second-order valence-corrected chi connectivity index (χ2v) is 27.3. The number of hydrogen-bond acceptors (Lipinski definition) is 18. The molecule has 5 N–H and O–H groups in total. The summed E-state index contributed by atoms with van der Waals surface area (Å²) in [5.74, 6) is -4.17. The van der Waals surface area contributed by atoms with Crippen molar-refractivity contribution in [3.8, 4) is 0 Å². The first-order valence-corrected chi connectivity index (χ1v) is 32.8. The fourth-order valence-electron chi connectivity index (χ4n) is 15.3. The number of nitrogens with zero attached hydrogens (tertiary/aromatic N) is 2. The Bertz CT molecular complexity index is 2570. The zero-order valence-corrected chi connectivity index (χ0v) is 52.5. The highest BCUT2D eigenvalue weighted by molar-refractivity contribution is 6.12. The summed E-state index contributed by atoms with van der Waals surface area (Å²) in [5, 5.41) is 22.7. The van der Waals surface area contributed by atoms with E-state index in [0.29, 0.717) is 57.8 Å². The Labute approximate surface area is 518 Å². The van der Waals surface area contributed by atoms with Gasteiger partial charge in [-0.3, -0.25) is 38.5 Å². The Morgan fingerprint density at radius 1 is 0.739 bits per heavy atom. The first-order chi connectivity index (χ1) is 42.1. The number of ketones is 1. The van der Waals surface area contributed by atoms with Crippen molar-refractivity contribution in [2.45, 2.75) is 265 Å². The van der Waals surface area contributed by atoms with Crippen LogP contribution in [0.5, 0.6) is 0 Å². The standard InChI is InChI=1S/C65H98N6O17/c1-35(2)56(69-52(74)15-10-9-12-25-71-54(76)20-21-55(71)77)64(79)68-45(14-11-13-24-70(6)7)63(78)67-34-53(75)66-33-40(73)30-50-57(80-8)44-29-39(72)28-42-17-19-47-58(83-42)62-61-60(85-47)59-51(86-61)32-65(87-59,88-62)23-22-43-27-37(4)46(81-43)18-16-41-26-36(3)38(5)48(82-41)31-49(44)84-50/h20-21,35-36,40-51,56-62,73H,4-5,9-19,22-34H2,1-3,6-8H3,(H,66,75)(H,67,78)(H,68,79)(H,69,74)/t36-,40+,41+,42-,43+,44+,45+,46?,47+,48-,49+,50-,51?,56+,57-,58+,59+,60+,61-,62+,65+/m1/s1. The lowest BCUT2D eigenvalue weighted by molar-refractivity contribution is -0.292. The van der Waals surface area contributed by atoms with Crippen molar-refractivity contribution in [2.75, 3.05) is 47.4 Å². The van der Waals surface area contributed by atoms with Gasteiger partial charge in [0, 0.05) is 83.2 Å². The van der Waals surface area contributed by atoms with Crippen LogP contribution < -0.4 is 21.3 Å². The molecule has 0 aliphatic carbocycles. The molecular formula is C65H98N6O17. The summed E-state index contributed by atoms with van der Waals surface area (Å²) in [6, 6.07) is -1.96. The van der Waals surface area contributed by atoms with E-state index in [-0.39, 0.29) is 142 Å². The molecule has 21 atom stereocenters. The number of nitrogens with one attached hydrogen (secondary N) is 4. The number of amides is 6. The summed E-state index contributed by atoms with van der Waals surface area (Å²) in [6.45, 7) is 15.1. The predicted molar refractivity (Wildman–Crippen MR) is 319 cm³/mol. The highest BCUT2D eigenvalue weighted by Gasteiger charge is 2.69. The van der Waals surface area contributed by atoms with Crippen molar-refractivity contribution >= 4 is 41.2 Å². The van der Waals surface area contributed by atoms with Crippen molar-refractivity contribution in [3.05, 3.63) is 36.5 Å². The van der Waals surface area contributed by atoms with Crippen molar-refractivity contribution in [1.82, 2.24) is 31.1 Å². The van der Waals surface area contributed by atoms with Crippen LogP contribution in [-0.2, 0) is 76.2 Å². The Hall–Kier alpha value is -4.53. The van der Waals surface area contributed by atoms with Crippen molar-refractivity contribution in [3.63, 3.8) is 0 Å². The van der Waals surface area contributed by atoms with Gasteiger partial charge in [-0.25, -0.2) is 0 Å². The maximum Gasteiger partial charge on any atom is 0.253 e. The maximum atomic E-state index is 14.5. The number of ether oxygens (including phenoxy) is 9. The molecule has 88 heavy (non-hydrogen) atoms. The van der Waals surface area contributed by atoms with Crippen LogP contribution in [0.3, 0.4) is 0 Å². The molecule has 0 aromatic rings. The van der Waals surface area contributed by atoms with Gasteiger partial charge in [0.05, 0.1) is 73.7 Å². The number of Topliss-reactive ketones (excluding diaryl/α,β-unsaturated/α-hetero) is 1. The second kappa shape index (κ2) is 29.4. The van der Waals surface area contributed by atoms with E-state index in [1.54, 1.807) is 21.0 Å². The van der Waals surface area contributed by atoms with Gasteiger partial charge in [0.1, 0.15) is 48.4 Å². The number of unbranched alkanes of at least 4 members (excludes halogenated alkanes) is 3. The SMILES string of the molecule is C=C1C[C@@H]2CC[C@@]34CC5O[C@H]6[C@@H](O3)[C@H]3O[C@H](CC[C@@H]3O[C@H]6[C@H]5O4)CC(=O)C[C@@H]3[C@@H](OC)[C@@H](C[C@H](O)CNC(=O)CNC(=O)[C@H](CCCCN(C)C)NC(=O)[C@@H](NC(=O)CCCCCN4C(=O)C=CC4=O)C(C)C)O[C@H]3C[C@H]3O[C@@H](CCC1O2)C[C@@H](C)C3=C. The molecule has 10 fully saturated rings. The van der Waals surface area contributed by atoms with E-state index in [1.807, 2.05) is 19.0 Å². The molecular weight excluding hydrogens is 1140 g/mol. The number of aliphatic hydroxyl groups excluding tert-OH is 1. The summed E-state index contributed by atoms with van der Waals surface area (Å²) >= 11 is 0. The summed E-state index contributed by atoms with van der Waals surface area (Å²) in [6.07, 6.45) is 7.14. The number of carbonyl (C=O) groups is 7. The third-order valence-corrected chi connectivity index (χ3v) is 20.1. The van der Waals surface area contributed by atoms with E-state index >= 15 is 0 Å². The van der Waals surface area contributed by atoms with Crippen molar-refractivity contribution < 1.29 is 81.3 Å². The van der Waals surface area contributed by atoms with Crippen LogP contribution in [0.2, 0.25) is 0 Å². The highest BCUT2D eigenvalue weighted by Crippen LogP contribution is 2.54. The lowest BCUT2D eigenvalue weighted by Crippen LogP contribution is -2.61. The summed E-state index contributed by atoms with van der Waals surface area (Å²) in [7, 11) is 5.47. The van der Waals surface area contributed by atoms with E-state index < -0.39 is 84.7 Å². The molecule has 23 nitrogen and oxygen atoms in total. The first-order valence-electron chi connectivity index (χ1n) is 32.8. The average Bonchev–Trinajstić information content (AvgIpc) is 1.59. The van der Waals surface area contributed by atoms with E-state index in [0.717, 1.165) is 61.1 Å². The number of rotatable bonds is 23. The second-order valence-electron chi connectivity index (χ2n) is 27.3. The number of imide groups is 1. The molecule has 0 radical (unpaired) electrons. The normalized spacial score (nSPS) is 37.2. The van der Waals surface area contributed by atoms with Crippen molar-refractivity contribution in [1.29, 1.82) is 0 Å². The van der Waals surface area contributed by atoms with Gasteiger partial charge >= 0.3 is 0 Å². The van der Waals surface area contributed by atoms with Crippen LogP contribution in [0, 0.1) is 17.8 Å². The van der Waals surface area contributed by atoms with Gasteiger partial charge in [-0.1, -0.05) is 40.3 Å². The zero-order chi connectivity index (χ0) is 62.6. The van der Waals surface area contributed by atoms with Crippen LogP contribution >= 0.6 is 0 Å². The lowest BCUT2D eigenvalue weighted by atomic mass is 9.81. The van der Waals surface area contributed by atoms with Gasteiger partial charge in [-0.15, -0.1) is 0 Å². The molecule has 11 heterocycles. The Morgan fingerprint density at radius 2 is 1.47 bits per heavy atom. The van der Waals surface area contributed by atoms with Crippen LogP contribution in [0.25, 0.3) is 0 Å². The third-order valence-electron chi connectivity index (χ3n) is 20.1. The highest BCUT2D eigenvalue weighted by atomic mass is 16.8. The van der Waals surface area contributed by atoms with Crippen LogP contribution in [0.4, 0.5) is 0 Å². The van der Waals surface area contributed by atoms with Gasteiger partial charge in [-0.2, -0.15) is 0 Å². The van der Waals surface area contributed by atoms with Gasteiger partial charge in [-0.05, 0) is 121 Å². The molecule has 11 rings (SSSR count). The summed E-state index contributed by atoms with van der Waals surface area (Å²) in [5.41, 5.74) is 2.05. The number of fused-ring (bicyclic) bond motifs is 6. The van der Waals surface area contributed by atoms with Gasteiger partial charge in [0.25, 0.3) is 11.8 Å². The van der Waals surface area contributed by atoms with Crippen LogP contribution in [-0.4, -0.2) is 219 Å². The van der Waals surface area contributed by atoms with Crippen LogP contribution in [0.1, 0.15) is 149 Å². The molecule has 6 amide bonds. The quantitative estimate of drug-likeness (QED) is 0.0556. The smallest absolute Gasteiger partial charge is 0.253 e. The molecule has 0 aromatic heterocycles. The molecule has 23 heteroatoms. The van der Waals surface area contributed by atoms with Crippen LogP contribution in [0.15, 0.2) is 36.5 Å². The number of carbonyl (C=O) groups excluding carboxylic acids is 7. The average molecular weight is 1240 g/mol. The zero-order valence-electron chi connectivity index (χ0n) is 52.5. The third kappa shape index (κ3) is 15.8. The minimum absolute atomic E-state index is 0.00373. The molecule has 0 saturated carbocycles. The number of aliphatic hydroxyl groups is 1. The largest absolute Gasteiger partial charge is 0.391 e. The Balaban J connectivity index is 0.751. The lowest BCUT2D eigenvalue weighted by Gasteiger charge is -2.47. The van der Waals surface area contributed by atoms with Gasteiger partial charge in [0.15, 0.2) is 5.79 Å². The molecule has 10 saturated heterocycles. The van der Waals surface area contributed by atoms with E-state index in [4.69, 9.17) is 42.6 Å². The molecule has 11 aliphatic rings. The Kier molecular flexibility index (Phi) is 22.2. The summed E-state index contributed by atoms with van der Waals surface area (Å²) < 4.78 is 60.9. The molecule has 0 aromatic carbocycles. The first kappa shape index (κ1) is 66.4. The molecule has 1 spiro atoms. The number of methoxy groups -OCH3 is 1.